The summed E-state index contributed by atoms with van der Waals surface area (Å²) in [7, 11) is 0. The highest BCUT2D eigenvalue weighted by molar-refractivity contribution is 7.80. The van der Waals surface area contributed by atoms with Gasteiger partial charge >= 0.3 is 0 Å². The van der Waals surface area contributed by atoms with Gasteiger partial charge in [0.05, 0.1) is 26.0 Å². The molecule has 0 saturated carbocycles. The molecule has 0 aliphatic carbocycles. The van der Waals surface area contributed by atoms with E-state index in [0.29, 0.717) is 5.11 Å². The predicted octanol–water partition coefficient (Wildman–Crippen LogP) is 0.352. The van der Waals surface area contributed by atoms with Gasteiger partial charge in [-0.3, -0.25) is 5.43 Å². The first-order valence-corrected chi connectivity index (χ1v) is 8.76. The molecule has 1 heterocycles. The molecule has 0 atom stereocenters. The van der Waals surface area contributed by atoms with Gasteiger partial charge in [0.1, 0.15) is 13.1 Å². The van der Waals surface area contributed by atoms with Crippen molar-refractivity contribution in [3.8, 4) is 0 Å². The minimum atomic E-state index is 0.573. The summed E-state index contributed by atoms with van der Waals surface area (Å²) >= 11 is 5.22. The molecule has 2 rings (SSSR count). The van der Waals surface area contributed by atoms with Gasteiger partial charge in [-0.15, -0.1) is 0 Å². The van der Waals surface area contributed by atoms with Crippen LogP contribution in [-0.2, 0) is 11.2 Å². The summed E-state index contributed by atoms with van der Waals surface area (Å²) in [6.45, 7) is 8.18. The number of aryl methyl sites for hydroxylation is 1. The van der Waals surface area contributed by atoms with E-state index in [4.69, 9.17) is 17.0 Å². The molecule has 1 aliphatic heterocycles. The molecule has 126 valence electrons. The Balaban J connectivity index is 1.57. The number of ether oxygens (including phenoxy) is 1. The van der Waals surface area contributed by atoms with Crippen molar-refractivity contribution in [1.29, 1.82) is 0 Å². The van der Waals surface area contributed by atoms with Crippen LogP contribution < -0.4 is 15.6 Å². The Labute approximate surface area is 144 Å². The van der Waals surface area contributed by atoms with Crippen molar-refractivity contribution in [2.45, 2.75) is 19.8 Å². The summed E-state index contributed by atoms with van der Waals surface area (Å²) in [5.41, 5.74) is 5.25. The number of nitrogens with one attached hydrogen (secondary N) is 3. The number of hydrogen-bond acceptors (Lipinski definition) is 3. The smallest absolute Gasteiger partial charge is 0.186 e. The average Bonchev–Trinajstić information content (AvgIpc) is 2.60. The molecule has 1 aliphatic rings. The molecule has 1 aromatic carbocycles. The molecule has 5 nitrogen and oxygen atoms in total. The fourth-order valence-corrected chi connectivity index (χ4v) is 2.65. The summed E-state index contributed by atoms with van der Waals surface area (Å²) in [5, 5.41) is 7.93. The van der Waals surface area contributed by atoms with Crippen LogP contribution in [0.3, 0.4) is 0 Å². The lowest BCUT2D eigenvalue weighted by Gasteiger charge is -2.23. The molecule has 0 unspecified atom stereocenters. The van der Waals surface area contributed by atoms with E-state index in [2.05, 4.69) is 47.0 Å². The molecular formula is C17H27N4OS+. The van der Waals surface area contributed by atoms with Crippen molar-refractivity contribution in [3.63, 3.8) is 0 Å². The lowest BCUT2D eigenvalue weighted by Crippen LogP contribution is -3.14. The molecule has 0 amide bonds. The highest BCUT2D eigenvalue weighted by Gasteiger charge is 2.12. The number of morpholine rings is 1. The van der Waals surface area contributed by atoms with Gasteiger partial charge in [0, 0.05) is 13.0 Å². The van der Waals surface area contributed by atoms with Gasteiger partial charge in [-0.2, -0.15) is 5.10 Å². The van der Waals surface area contributed by atoms with Gasteiger partial charge in [0.2, 0.25) is 0 Å². The van der Waals surface area contributed by atoms with E-state index in [1.165, 1.54) is 5.56 Å². The van der Waals surface area contributed by atoms with Crippen LogP contribution >= 0.6 is 12.2 Å². The Hall–Kier alpha value is -1.50. The first kappa shape index (κ1) is 17.8. The van der Waals surface area contributed by atoms with Crippen LogP contribution in [0.4, 0.5) is 0 Å². The maximum Gasteiger partial charge on any atom is 0.186 e. The Morgan fingerprint density at radius 3 is 2.74 bits per heavy atom. The topological polar surface area (TPSA) is 50.1 Å². The molecule has 0 bridgehead atoms. The van der Waals surface area contributed by atoms with E-state index in [9.17, 15) is 0 Å². The Kier molecular flexibility index (Phi) is 8.00. The van der Waals surface area contributed by atoms with Crippen molar-refractivity contribution in [2.24, 2.45) is 5.10 Å². The molecular weight excluding hydrogens is 308 g/mol. The summed E-state index contributed by atoms with van der Waals surface area (Å²) in [6, 6.07) is 8.36. The van der Waals surface area contributed by atoms with Crippen LogP contribution in [0, 0.1) is 0 Å². The second-order valence-corrected chi connectivity index (χ2v) is 6.10. The lowest BCUT2D eigenvalue weighted by atomic mass is 10.1. The number of thiocarbonyl (C=S) groups is 1. The number of rotatable bonds is 7. The van der Waals surface area contributed by atoms with Gasteiger partial charge in [-0.1, -0.05) is 31.2 Å². The third kappa shape index (κ3) is 7.07. The third-order valence-corrected chi connectivity index (χ3v) is 4.20. The van der Waals surface area contributed by atoms with Crippen LogP contribution in [0.25, 0.3) is 0 Å². The van der Waals surface area contributed by atoms with Crippen molar-refractivity contribution in [2.75, 3.05) is 39.4 Å². The van der Waals surface area contributed by atoms with Crippen LogP contribution in [-0.4, -0.2) is 50.7 Å². The number of hydrogen-bond donors (Lipinski definition) is 3. The normalized spacial score (nSPS) is 15.7. The van der Waals surface area contributed by atoms with Crippen LogP contribution in [0.2, 0.25) is 0 Å². The standard InChI is InChI=1S/C17H26N4OS/c1-2-15-4-6-16(7-5-15)14-19-20-17(23)18-8-3-9-21-10-12-22-13-11-21/h4-7,14H,2-3,8-13H2,1H3,(H2,18,20,23)/p+1/b19-14-. The quantitative estimate of drug-likeness (QED) is 0.291. The molecule has 23 heavy (non-hydrogen) atoms. The highest BCUT2D eigenvalue weighted by atomic mass is 32.1. The minimum Gasteiger partial charge on any atom is -0.370 e. The van der Waals surface area contributed by atoms with Crippen molar-refractivity contribution in [3.05, 3.63) is 35.4 Å². The molecule has 1 aromatic rings. The van der Waals surface area contributed by atoms with Crippen molar-refractivity contribution < 1.29 is 9.64 Å². The minimum absolute atomic E-state index is 0.573. The Morgan fingerprint density at radius 2 is 2.04 bits per heavy atom. The number of nitrogens with zero attached hydrogens (tertiary/aromatic N) is 1. The fourth-order valence-electron chi connectivity index (χ4n) is 2.49. The molecule has 3 N–H and O–H groups in total. The van der Waals surface area contributed by atoms with Crippen LogP contribution in [0.1, 0.15) is 24.5 Å². The first-order valence-electron chi connectivity index (χ1n) is 8.35. The van der Waals surface area contributed by atoms with E-state index in [-0.39, 0.29) is 0 Å². The molecule has 1 saturated heterocycles. The fraction of sp³-hybridized carbons (Fsp3) is 0.529. The maximum absolute atomic E-state index is 5.35. The molecule has 6 heteroatoms. The van der Waals surface area contributed by atoms with E-state index in [1.807, 2.05) is 0 Å². The van der Waals surface area contributed by atoms with Crippen molar-refractivity contribution >= 4 is 23.5 Å². The zero-order valence-corrected chi connectivity index (χ0v) is 14.6. The predicted molar refractivity (Wildman–Crippen MR) is 98.2 cm³/mol. The van der Waals surface area contributed by atoms with Crippen LogP contribution in [0.15, 0.2) is 29.4 Å². The van der Waals surface area contributed by atoms with Crippen molar-refractivity contribution in [1.82, 2.24) is 10.7 Å². The summed E-state index contributed by atoms with van der Waals surface area (Å²) in [4.78, 5) is 1.62. The number of quaternary nitrogens is 1. The van der Waals surface area contributed by atoms with Gasteiger partial charge < -0.3 is 15.0 Å². The second-order valence-electron chi connectivity index (χ2n) is 5.69. The van der Waals surface area contributed by atoms with E-state index in [0.717, 1.165) is 57.8 Å². The largest absolute Gasteiger partial charge is 0.370 e. The van der Waals surface area contributed by atoms with Crippen LogP contribution in [0.5, 0.6) is 0 Å². The number of hydrazone groups is 1. The first-order chi connectivity index (χ1) is 11.3. The third-order valence-electron chi connectivity index (χ3n) is 3.96. The number of benzene rings is 1. The maximum atomic E-state index is 5.35. The van der Waals surface area contributed by atoms with Gasteiger partial charge in [-0.25, -0.2) is 0 Å². The average molecular weight is 335 g/mol. The Bertz CT molecular complexity index is 498. The molecule has 0 aromatic heterocycles. The lowest BCUT2D eigenvalue weighted by molar-refractivity contribution is -0.908. The Morgan fingerprint density at radius 1 is 1.30 bits per heavy atom. The van der Waals surface area contributed by atoms with E-state index >= 15 is 0 Å². The van der Waals surface area contributed by atoms with Gasteiger partial charge in [-0.05, 0) is 29.8 Å². The van der Waals surface area contributed by atoms with Gasteiger partial charge in [0.15, 0.2) is 5.11 Å². The molecule has 1 fully saturated rings. The monoisotopic (exact) mass is 335 g/mol. The zero-order chi connectivity index (χ0) is 16.3. The van der Waals surface area contributed by atoms with Gasteiger partial charge in [0.25, 0.3) is 0 Å². The summed E-state index contributed by atoms with van der Waals surface area (Å²) in [5.74, 6) is 0. The highest BCUT2D eigenvalue weighted by Crippen LogP contribution is 2.02. The SMILES string of the molecule is CCc1ccc(/C=N\NC(=S)NCCC[NH+]2CCOCC2)cc1. The molecule has 0 spiro atoms. The summed E-state index contributed by atoms with van der Waals surface area (Å²) < 4.78 is 5.35. The summed E-state index contributed by atoms with van der Waals surface area (Å²) in [6.07, 6.45) is 3.93. The van der Waals surface area contributed by atoms with E-state index in [1.54, 1.807) is 11.1 Å². The second kappa shape index (κ2) is 10.3. The van der Waals surface area contributed by atoms with E-state index < -0.39 is 0 Å². The molecule has 0 radical (unpaired) electrons. The zero-order valence-electron chi connectivity index (χ0n) is 13.8.